The Labute approximate surface area is 88.8 Å². The highest BCUT2D eigenvalue weighted by atomic mass is 15.3. The molecule has 2 rings (SSSR count). The number of aromatic nitrogens is 3. The molecule has 0 fully saturated rings. The van der Waals surface area contributed by atoms with E-state index in [4.69, 9.17) is 5.73 Å². The summed E-state index contributed by atoms with van der Waals surface area (Å²) in [4.78, 5) is 0. The largest absolute Gasteiger partial charge is 0.321 e. The van der Waals surface area contributed by atoms with Crippen molar-refractivity contribution in [2.24, 2.45) is 12.8 Å². The van der Waals surface area contributed by atoms with Crippen molar-refractivity contribution in [3.05, 3.63) is 48.0 Å². The quantitative estimate of drug-likeness (QED) is 0.809. The molecular weight excluding hydrogens is 188 g/mol. The molecule has 1 aromatic heterocycles. The average Bonchev–Trinajstić information content (AvgIpc) is 2.66. The highest BCUT2D eigenvalue weighted by Gasteiger charge is 2.11. The fraction of sp³-hybridized carbons (Fsp3) is 0.273. The van der Waals surface area contributed by atoms with Crippen LogP contribution in [0.4, 0.5) is 0 Å². The number of nitrogens with two attached hydrogens (primary N) is 1. The predicted octanol–water partition coefficient (Wildman–Crippen LogP) is 1.06. The monoisotopic (exact) mass is 202 g/mol. The Morgan fingerprint density at radius 3 is 2.67 bits per heavy atom. The molecule has 0 aliphatic heterocycles. The second-order valence-corrected chi connectivity index (χ2v) is 3.60. The van der Waals surface area contributed by atoms with Crippen molar-refractivity contribution >= 4 is 0 Å². The Bertz CT molecular complexity index is 421. The molecular formula is C11H14N4. The maximum Gasteiger partial charge on any atom is 0.149 e. The molecule has 0 saturated heterocycles. The lowest BCUT2D eigenvalue weighted by molar-refractivity contribution is 0.630. The van der Waals surface area contributed by atoms with Crippen LogP contribution >= 0.6 is 0 Å². The van der Waals surface area contributed by atoms with Gasteiger partial charge in [-0.1, -0.05) is 30.3 Å². The minimum atomic E-state index is -0.0973. The maximum atomic E-state index is 6.05. The molecule has 0 unspecified atom stereocenters. The summed E-state index contributed by atoms with van der Waals surface area (Å²) in [6, 6.07) is 10.1. The molecule has 0 saturated carbocycles. The topological polar surface area (TPSA) is 56.7 Å². The highest BCUT2D eigenvalue weighted by molar-refractivity contribution is 5.17. The van der Waals surface area contributed by atoms with Gasteiger partial charge in [-0.2, -0.15) is 0 Å². The molecule has 2 aromatic rings. The number of hydrogen-bond acceptors (Lipinski definition) is 3. The van der Waals surface area contributed by atoms with Gasteiger partial charge in [0.2, 0.25) is 0 Å². The molecule has 2 N–H and O–H groups in total. The molecule has 0 radical (unpaired) electrons. The van der Waals surface area contributed by atoms with E-state index in [9.17, 15) is 0 Å². The lowest BCUT2D eigenvalue weighted by Crippen LogP contribution is -2.17. The molecule has 0 aliphatic carbocycles. The van der Waals surface area contributed by atoms with Crippen LogP contribution in [0.5, 0.6) is 0 Å². The van der Waals surface area contributed by atoms with E-state index in [0.717, 1.165) is 12.2 Å². The third-order valence-corrected chi connectivity index (χ3v) is 2.38. The first-order valence-corrected chi connectivity index (χ1v) is 4.91. The number of aryl methyl sites for hydroxylation is 1. The van der Waals surface area contributed by atoms with E-state index in [2.05, 4.69) is 22.3 Å². The fourth-order valence-electron chi connectivity index (χ4n) is 1.59. The van der Waals surface area contributed by atoms with Gasteiger partial charge in [0.25, 0.3) is 0 Å². The first-order chi connectivity index (χ1) is 7.27. The van der Waals surface area contributed by atoms with E-state index in [-0.39, 0.29) is 6.04 Å². The second-order valence-electron chi connectivity index (χ2n) is 3.60. The van der Waals surface area contributed by atoms with Crippen LogP contribution in [0.3, 0.4) is 0 Å². The summed E-state index contributed by atoms with van der Waals surface area (Å²) in [5, 5.41) is 7.82. The van der Waals surface area contributed by atoms with E-state index < -0.39 is 0 Å². The molecule has 15 heavy (non-hydrogen) atoms. The molecule has 0 spiro atoms. The molecule has 1 atom stereocenters. The molecule has 78 valence electrons. The van der Waals surface area contributed by atoms with Gasteiger partial charge in [-0.25, -0.2) is 0 Å². The smallest absolute Gasteiger partial charge is 0.149 e. The summed E-state index contributed by atoms with van der Waals surface area (Å²) in [5.74, 6) is 0.818. The van der Waals surface area contributed by atoms with Gasteiger partial charge in [0.1, 0.15) is 12.2 Å². The van der Waals surface area contributed by atoms with E-state index in [1.54, 1.807) is 6.33 Å². The van der Waals surface area contributed by atoms with Crippen molar-refractivity contribution in [2.45, 2.75) is 12.5 Å². The third kappa shape index (κ3) is 2.22. The van der Waals surface area contributed by atoms with Gasteiger partial charge in [0.15, 0.2) is 0 Å². The minimum absolute atomic E-state index is 0.0973. The number of rotatable bonds is 3. The highest BCUT2D eigenvalue weighted by Crippen LogP contribution is 2.12. The zero-order valence-electron chi connectivity index (χ0n) is 8.67. The standard InChI is InChI=1S/C11H14N4/c1-15-8-13-14-11(15)10(12)7-9-5-3-2-4-6-9/h2-6,8,10H,7,12H2,1H3/t10-/m0/s1. The molecule has 0 aliphatic rings. The van der Waals surface area contributed by atoms with Gasteiger partial charge in [-0.15, -0.1) is 10.2 Å². The first kappa shape index (κ1) is 9.86. The van der Waals surface area contributed by atoms with Crippen molar-refractivity contribution < 1.29 is 0 Å². The number of benzene rings is 1. The molecule has 0 amide bonds. The average molecular weight is 202 g/mol. The van der Waals surface area contributed by atoms with E-state index in [1.165, 1.54) is 5.56 Å². The van der Waals surface area contributed by atoms with Gasteiger partial charge in [0, 0.05) is 7.05 Å². The minimum Gasteiger partial charge on any atom is -0.321 e. The molecule has 0 bridgehead atoms. The van der Waals surface area contributed by atoms with E-state index in [1.807, 2.05) is 29.8 Å². The normalized spacial score (nSPS) is 12.7. The third-order valence-electron chi connectivity index (χ3n) is 2.38. The van der Waals surface area contributed by atoms with Crippen LogP contribution in [0.2, 0.25) is 0 Å². The number of nitrogens with zero attached hydrogens (tertiary/aromatic N) is 3. The van der Waals surface area contributed by atoms with Crippen LogP contribution < -0.4 is 5.73 Å². The molecule has 1 aromatic carbocycles. The van der Waals surface area contributed by atoms with Crippen LogP contribution in [0.1, 0.15) is 17.4 Å². The van der Waals surface area contributed by atoms with Crippen molar-refractivity contribution in [2.75, 3.05) is 0 Å². The fourth-order valence-corrected chi connectivity index (χ4v) is 1.59. The summed E-state index contributed by atoms with van der Waals surface area (Å²) in [7, 11) is 1.90. The Hall–Kier alpha value is -1.68. The van der Waals surface area contributed by atoms with Crippen LogP contribution in [0, 0.1) is 0 Å². The van der Waals surface area contributed by atoms with Crippen molar-refractivity contribution in [1.82, 2.24) is 14.8 Å². The Kier molecular flexibility index (Phi) is 2.78. The number of hydrogen-bond donors (Lipinski definition) is 1. The van der Waals surface area contributed by atoms with Crippen LogP contribution in [0.15, 0.2) is 36.7 Å². The van der Waals surface area contributed by atoms with Gasteiger partial charge in [-0.05, 0) is 12.0 Å². The Morgan fingerprint density at radius 2 is 2.07 bits per heavy atom. The molecule has 4 nitrogen and oxygen atoms in total. The SMILES string of the molecule is Cn1cnnc1[C@@H](N)Cc1ccccc1. The van der Waals surface area contributed by atoms with Crippen LogP contribution in [-0.2, 0) is 13.5 Å². The van der Waals surface area contributed by atoms with Gasteiger partial charge < -0.3 is 10.3 Å². The van der Waals surface area contributed by atoms with Crippen LogP contribution in [-0.4, -0.2) is 14.8 Å². The zero-order valence-corrected chi connectivity index (χ0v) is 8.67. The van der Waals surface area contributed by atoms with Crippen molar-refractivity contribution in [3.8, 4) is 0 Å². The second kappa shape index (κ2) is 4.23. The van der Waals surface area contributed by atoms with Gasteiger partial charge in [-0.3, -0.25) is 0 Å². The first-order valence-electron chi connectivity index (χ1n) is 4.91. The van der Waals surface area contributed by atoms with Crippen molar-refractivity contribution in [3.63, 3.8) is 0 Å². The predicted molar refractivity (Wildman–Crippen MR) is 58.1 cm³/mol. The summed E-state index contributed by atoms with van der Waals surface area (Å²) in [5.41, 5.74) is 7.26. The van der Waals surface area contributed by atoms with Crippen molar-refractivity contribution in [1.29, 1.82) is 0 Å². The summed E-state index contributed by atoms with van der Waals surface area (Å²) >= 11 is 0. The lowest BCUT2D eigenvalue weighted by atomic mass is 10.1. The Morgan fingerprint density at radius 1 is 1.33 bits per heavy atom. The molecule has 4 heteroatoms. The summed E-state index contributed by atoms with van der Waals surface area (Å²) < 4.78 is 1.85. The van der Waals surface area contributed by atoms with E-state index in [0.29, 0.717) is 0 Å². The maximum absolute atomic E-state index is 6.05. The zero-order chi connectivity index (χ0) is 10.7. The Balaban J connectivity index is 2.11. The van der Waals surface area contributed by atoms with Gasteiger partial charge in [0.05, 0.1) is 6.04 Å². The van der Waals surface area contributed by atoms with Crippen LogP contribution in [0.25, 0.3) is 0 Å². The molecule has 1 heterocycles. The van der Waals surface area contributed by atoms with Gasteiger partial charge >= 0.3 is 0 Å². The summed E-state index contributed by atoms with van der Waals surface area (Å²) in [6.45, 7) is 0. The summed E-state index contributed by atoms with van der Waals surface area (Å²) in [6.07, 6.45) is 2.45. The van der Waals surface area contributed by atoms with E-state index >= 15 is 0 Å². The lowest BCUT2D eigenvalue weighted by Gasteiger charge is -2.10.